The predicted octanol–water partition coefficient (Wildman–Crippen LogP) is 2.51. The zero-order valence-electron chi connectivity index (χ0n) is 11.3. The van der Waals surface area contributed by atoms with Crippen molar-refractivity contribution in [2.24, 2.45) is 0 Å². The second kappa shape index (κ2) is 6.44. The summed E-state index contributed by atoms with van der Waals surface area (Å²) in [5.41, 5.74) is -0.844. The van der Waals surface area contributed by atoms with Gasteiger partial charge in [0.15, 0.2) is 0 Å². The SMILES string of the molecule is CCNc1cc(C(F)(F)F)cc(NC(C)C(=O)OC)n1. The predicted molar refractivity (Wildman–Crippen MR) is 68.5 cm³/mol. The Kier molecular flexibility index (Phi) is 5.18. The highest BCUT2D eigenvalue weighted by Crippen LogP contribution is 2.32. The lowest BCUT2D eigenvalue weighted by atomic mass is 10.2. The Morgan fingerprint density at radius 1 is 1.40 bits per heavy atom. The van der Waals surface area contributed by atoms with Crippen LogP contribution in [-0.4, -0.2) is 30.6 Å². The van der Waals surface area contributed by atoms with Gasteiger partial charge in [-0.3, -0.25) is 0 Å². The van der Waals surface area contributed by atoms with E-state index < -0.39 is 23.8 Å². The summed E-state index contributed by atoms with van der Waals surface area (Å²) in [6.07, 6.45) is -4.49. The second-order valence-corrected chi connectivity index (χ2v) is 4.04. The molecule has 2 N–H and O–H groups in total. The lowest BCUT2D eigenvalue weighted by Gasteiger charge is -2.16. The van der Waals surface area contributed by atoms with Crippen molar-refractivity contribution in [1.29, 1.82) is 0 Å². The number of rotatable bonds is 5. The Bertz CT molecular complexity index is 478. The summed E-state index contributed by atoms with van der Waals surface area (Å²) in [4.78, 5) is 15.2. The van der Waals surface area contributed by atoms with E-state index in [9.17, 15) is 18.0 Å². The lowest BCUT2D eigenvalue weighted by Crippen LogP contribution is -2.28. The molecular formula is C12H16F3N3O2. The molecule has 0 aliphatic carbocycles. The Morgan fingerprint density at radius 2 is 2.00 bits per heavy atom. The van der Waals surface area contributed by atoms with E-state index in [0.29, 0.717) is 6.54 Å². The molecular weight excluding hydrogens is 275 g/mol. The van der Waals surface area contributed by atoms with Gasteiger partial charge in [-0.2, -0.15) is 13.2 Å². The zero-order valence-corrected chi connectivity index (χ0v) is 11.3. The zero-order chi connectivity index (χ0) is 15.3. The van der Waals surface area contributed by atoms with Crippen LogP contribution in [0.3, 0.4) is 0 Å². The van der Waals surface area contributed by atoms with Crippen LogP contribution in [0.4, 0.5) is 24.8 Å². The molecule has 1 heterocycles. The Morgan fingerprint density at radius 3 is 2.50 bits per heavy atom. The number of halogens is 3. The highest BCUT2D eigenvalue weighted by Gasteiger charge is 2.32. The number of hydrogen-bond donors (Lipinski definition) is 2. The molecule has 0 amide bonds. The summed E-state index contributed by atoms with van der Waals surface area (Å²) in [6, 6.07) is 0.961. The number of hydrogen-bond acceptors (Lipinski definition) is 5. The summed E-state index contributed by atoms with van der Waals surface area (Å²) < 4.78 is 42.8. The molecule has 0 aliphatic heterocycles. The van der Waals surface area contributed by atoms with Crippen LogP contribution < -0.4 is 10.6 Å². The number of methoxy groups -OCH3 is 1. The first kappa shape index (κ1) is 16.1. The normalized spacial score (nSPS) is 12.7. The van der Waals surface area contributed by atoms with Gasteiger partial charge in [0.05, 0.1) is 12.7 Å². The second-order valence-electron chi connectivity index (χ2n) is 4.04. The number of carbonyl (C=O) groups excluding carboxylic acids is 1. The van der Waals surface area contributed by atoms with Crippen LogP contribution in [0.15, 0.2) is 12.1 Å². The quantitative estimate of drug-likeness (QED) is 0.816. The van der Waals surface area contributed by atoms with Gasteiger partial charge >= 0.3 is 12.1 Å². The lowest BCUT2D eigenvalue weighted by molar-refractivity contribution is -0.141. The minimum atomic E-state index is -4.49. The molecule has 0 radical (unpaired) electrons. The molecule has 0 aromatic carbocycles. The summed E-state index contributed by atoms with van der Waals surface area (Å²) >= 11 is 0. The molecule has 0 saturated heterocycles. The maximum absolute atomic E-state index is 12.8. The van der Waals surface area contributed by atoms with Crippen molar-refractivity contribution in [1.82, 2.24) is 4.98 Å². The molecule has 1 aromatic rings. The van der Waals surface area contributed by atoms with Gasteiger partial charge in [-0.1, -0.05) is 0 Å². The molecule has 20 heavy (non-hydrogen) atoms. The largest absolute Gasteiger partial charge is 0.467 e. The van der Waals surface area contributed by atoms with Crippen molar-refractivity contribution >= 4 is 17.6 Å². The van der Waals surface area contributed by atoms with Crippen molar-refractivity contribution in [3.05, 3.63) is 17.7 Å². The number of anilines is 2. The first-order valence-electron chi connectivity index (χ1n) is 5.95. The smallest absolute Gasteiger partial charge is 0.416 e. The van der Waals surface area contributed by atoms with Gasteiger partial charge in [0.1, 0.15) is 17.7 Å². The van der Waals surface area contributed by atoms with E-state index in [1.807, 2.05) is 0 Å². The van der Waals surface area contributed by atoms with E-state index in [4.69, 9.17) is 0 Å². The van der Waals surface area contributed by atoms with E-state index in [1.54, 1.807) is 6.92 Å². The topological polar surface area (TPSA) is 63.2 Å². The Balaban J connectivity index is 3.06. The van der Waals surface area contributed by atoms with Gasteiger partial charge in [0.2, 0.25) is 0 Å². The van der Waals surface area contributed by atoms with Crippen molar-refractivity contribution in [3.8, 4) is 0 Å². The molecule has 0 fully saturated rings. The molecule has 0 aliphatic rings. The van der Waals surface area contributed by atoms with Crippen LogP contribution in [-0.2, 0) is 15.7 Å². The average Bonchev–Trinajstić information content (AvgIpc) is 2.36. The van der Waals surface area contributed by atoms with Crippen LogP contribution >= 0.6 is 0 Å². The number of carbonyl (C=O) groups is 1. The first-order valence-corrected chi connectivity index (χ1v) is 5.95. The van der Waals surface area contributed by atoms with Gasteiger partial charge in [0, 0.05) is 6.54 Å². The third kappa shape index (κ3) is 4.29. The standard InChI is InChI=1S/C12H16F3N3O2/c1-4-16-9-5-8(12(13,14)15)6-10(18-9)17-7(2)11(19)20-3/h5-7H,4H2,1-3H3,(H2,16,17,18). The van der Waals surface area contributed by atoms with E-state index in [0.717, 1.165) is 12.1 Å². The number of aromatic nitrogens is 1. The minimum Gasteiger partial charge on any atom is -0.467 e. The van der Waals surface area contributed by atoms with Crippen molar-refractivity contribution in [3.63, 3.8) is 0 Å². The summed E-state index contributed by atoms with van der Waals surface area (Å²) in [7, 11) is 1.20. The van der Waals surface area contributed by atoms with Gasteiger partial charge in [-0.25, -0.2) is 9.78 Å². The molecule has 1 unspecified atom stereocenters. The molecule has 0 saturated carbocycles. The van der Waals surface area contributed by atoms with E-state index in [2.05, 4.69) is 20.4 Å². The summed E-state index contributed by atoms with van der Waals surface area (Å²) in [5.74, 6) is -0.551. The van der Waals surface area contributed by atoms with Crippen LogP contribution in [0.25, 0.3) is 0 Å². The summed E-state index contributed by atoms with van der Waals surface area (Å²) in [5, 5.41) is 5.29. The van der Waals surface area contributed by atoms with Gasteiger partial charge in [0.25, 0.3) is 0 Å². The van der Waals surface area contributed by atoms with Crippen LogP contribution in [0.5, 0.6) is 0 Å². The third-order valence-corrected chi connectivity index (χ3v) is 2.43. The van der Waals surface area contributed by atoms with Crippen LogP contribution in [0.1, 0.15) is 19.4 Å². The highest BCUT2D eigenvalue weighted by molar-refractivity contribution is 5.78. The Labute approximate surface area is 114 Å². The van der Waals surface area contributed by atoms with E-state index in [1.165, 1.54) is 14.0 Å². The molecule has 0 spiro atoms. The third-order valence-electron chi connectivity index (χ3n) is 2.43. The number of alkyl halides is 3. The van der Waals surface area contributed by atoms with E-state index >= 15 is 0 Å². The fourth-order valence-electron chi connectivity index (χ4n) is 1.50. The van der Waals surface area contributed by atoms with Gasteiger partial charge in [-0.15, -0.1) is 0 Å². The fourth-order valence-corrected chi connectivity index (χ4v) is 1.50. The highest BCUT2D eigenvalue weighted by atomic mass is 19.4. The van der Waals surface area contributed by atoms with Crippen molar-refractivity contribution in [2.75, 3.05) is 24.3 Å². The number of pyridine rings is 1. The van der Waals surface area contributed by atoms with E-state index in [-0.39, 0.29) is 11.6 Å². The van der Waals surface area contributed by atoms with Crippen molar-refractivity contribution in [2.45, 2.75) is 26.1 Å². The van der Waals surface area contributed by atoms with Crippen LogP contribution in [0, 0.1) is 0 Å². The molecule has 1 aromatic heterocycles. The Hall–Kier alpha value is -1.99. The molecule has 0 bridgehead atoms. The van der Waals surface area contributed by atoms with Crippen molar-refractivity contribution < 1.29 is 22.7 Å². The summed E-state index contributed by atoms with van der Waals surface area (Å²) in [6.45, 7) is 3.65. The molecule has 1 atom stereocenters. The maximum Gasteiger partial charge on any atom is 0.416 e. The number of nitrogens with one attached hydrogen (secondary N) is 2. The van der Waals surface area contributed by atoms with Crippen LogP contribution in [0.2, 0.25) is 0 Å². The monoisotopic (exact) mass is 291 g/mol. The molecule has 5 nitrogen and oxygen atoms in total. The molecule has 8 heteroatoms. The number of ether oxygens (including phenoxy) is 1. The molecule has 112 valence electrons. The minimum absolute atomic E-state index is 0.0475. The number of esters is 1. The van der Waals surface area contributed by atoms with Gasteiger partial charge < -0.3 is 15.4 Å². The number of nitrogens with zero attached hydrogens (tertiary/aromatic N) is 1. The van der Waals surface area contributed by atoms with Gasteiger partial charge in [-0.05, 0) is 26.0 Å². The maximum atomic E-state index is 12.8. The molecule has 1 rings (SSSR count). The average molecular weight is 291 g/mol. The first-order chi connectivity index (χ1) is 9.27. The fraction of sp³-hybridized carbons (Fsp3) is 0.500.